The van der Waals surface area contributed by atoms with E-state index in [0.717, 1.165) is 31.5 Å². The second-order valence-corrected chi connectivity index (χ2v) is 7.59. The zero-order valence-electron chi connectivity index (χ0n) is 10.5. The molecule has 18 heavy (non-hydrogen) atoms. The van der Waals surface area contributed by atoms with Gasteiger partial charge >= 0.3 is 0 Å². The van der Waals surface area contributed by atoms with Gasteiger partial charge in [0.15, 0.2) is 0 Å². The normalized spacial score (nSPS) is 17.4. The minimum absolute atomic E-state index is 0.218. The molecule has 1 aromatic rings. The molecule has 1 aliphatic carbocycles. The maximum absolute atomic E-state index is 11.2. The summed E-state index contributed by atoms with van der Waals surface area (Å²) in [5.41, 5.74) is 1.52. The summed E-state index contributed by atoms with van der Waals surface area (Å²) >= 11 is 0. The summed E-state index contributed by atoms with van der Waals surface area (Å²) in [6, 6.07) is 0. The maximum atomic E-state index is 11.2. The van der Waals surface area contributed by atoms with Crippen molar-refractivity contribution in [3.63, 3.8) is 0 Å². The van der Waals surface area contributed by atoms with Crippen molar-refractivity contribution in [3.05, 3.63) is 11.4 Å². The van der Waals surface area contributed by atoms with E-state index in [-0.39, 0.29) is 5.75 Å². The number of hydrogen-bond donors (Lipinski definition) is 0. The van der Waals surface area contributed by atoms with E-state index < -0.39 is 9.05 Å². The Bertz CT molecular complexity index is 506. The molecule has 0 atom stereocenters. The Morgan fingerprint density at radius 1 is 1.39 bits per heavy atom. The molecule has 102 valence electrons. The van der Waals surface area contributed by atoms with Gasteiger partial charge in [0.05, 0.1) is 5.69 Å². The van der Waals surface area contributed by atoms with E-state index in [0.29, 0.717) is 11.6 Å². The summed E-state index contributed by atoms with van der Waals surface area (Å²) < 4.78 is 24.3. The van der Waals surface area contributed by atoms with E-state index in [4.69, 9.17) is 10.7 Å². The molecule has 0 saturated heterocycles. The lowest BCUT2D eigenvalue weighted by Gasteiger charge is -2.12. The molecule has 7 heteroatoms. The van der Waals surface area contributed by atoms with Gasteiger partial charge in [-0.1, -0.05) is 25.0 Å². The largest absolute Gasteiger partial charge is 0.249 e. The third-order valence-electron chi connectivity index (χ3n) is 3.33. The van der Waals surface area contributed by atoms with E-state index >= 15 is 0 Å². The van der Waals surface area contributed by atoms with Crippen molar-refractivity contribution in [1.82, 2.24) is 15.0 Å². The standard InChI is InChI=1S/C11H18ClN3O2S/c1-2-7-15-11(9-5-3-4-6-9)10(13-14-15)8-18(12,16)17/h9H,2-8H2,1H3. The van der Waals surface area contributed by atoms with Crippen molar-refractivity contribution in [3.8, 4) is 0 Å². The number of hydrogen-bond acceptors (Lipinski definition) is 4. The predicted molar refractivity (Wildman–Crippen MR) is 70.0 cm³/mol. The first-order valence-electron chi connectivity index (χ1n) is 6.36. The van der Waals surface area contributed by atoms with E-state index in [9.17, 15) is 8.42 Å². The lowest BCUT2D eigenvalue weighted by Crippen LogP contribution is -2.10. The predicted octanol–water partition coefficient (Wildman–Crippen LogP) is 2.41. The molecule has 2 rings (SSSR count). The quantitative estimate of drug-likeness (QED) is 0.782. The molecule has 0 spiro atoms. The molecule has 1 heterocycles. The average molecular weight is 292 g/mol. The molecule has 0 radical (unpaired) electrons. The fraction of sp³-hybridized carbons (Fsp3) is 0.818. The highest BCUT2D eigenvalue weighted by Crippen LogP contribution is 2.35. The van der Waals surface area contributed by atoms with Crippen molar-refractivity contribution in [2.24, 2.45) is 0 Å². The van der Waals surface area contributed by atoms with Crippen LogP contribution in [-0.2, 0) is 21.3 Å². The summed E-state index contributed by atoms with van der Waals surface area (Å²) in [5, 5.41) is 8.09. The number of halogens is 1. The fourth-order valence-electron chi connectivity index (χ4n) is 2.65. The van der Waals surface area contributed by atoms with Crippen LogP contribution in [0, 0.1) is 0 Å². The van der Waals surface area contributed by atoms with Crippen LogP contribution >= 0.6 is 10.7 Å². The topological polar surface area (TPSA) is 64.8 Å². The molecule has 0 aromatic carbocycles. The lowest BCUT2D eigenvalue weighted by molar-refractivity contribution is 0.525. The third-order valence-corrected chi connectivity index (χ3v) is 4.28. The molecular weight excluding hydrogens is 274 g/mol. The van der Waals surface area contributed by atoms with Gasteiger partial charge in [-0.25, -0.2) is 13.1 Å². The Morgan fingerprint density at radius 2 is 2.06 bits per heavy atom. The highest BCUT2D eigenvalue weighted by molar-refractivity contribution is 8.13. The highest BCUT2D eigenvalue weighted by Gasteiger charge is 2.27. The van der Waals surface area contributed by atoms with Gasteiger partial charge in [-0.15, -0.1) is 5.10 Å². The van der Waals surface area contributed by atoms with Crippen molar-refractivity contribution in [1.29, 1.82) is 0 Å². The van der Waals surface area contributed by atoms with Gasteiger partial charge in [0, 0.05) is 23.1 Å². The first-order chi connectivity index (χ1) is 8.51. The van der Waals surface area contributed by atoms with Crippen LogP contribution in [0.2, 0.25) is 0 Å². The van der Waals surface area contributed by atoms with Crippen molar-refractivity contribution in [2.75, 3.05) is 0 Å². The van der Waals surface area contributed by atoms with Crippen LogP contribution in [0.3, 0.4) is 0 Å². The van der Waals surface area contributed by atoms with Crippen LogP contribution < -0.4 is 0 Å². The summed E-state index contributed by atoms with van der Waals surface area (Å²) in [7, 11) is 1.75. The summed E-state index contributed by atoms with van der Waals surface area (Å²) in [5.74, 6) is 0.171. The molecule has 1 aliphatic rings. The number of nitrogens with zero attached hydrogens (tertiary/aromatic N) is 3. The van der Waals surface area contributed by atoms with Gasteiger partial charge in [-0.3, -0.25) is 0 Å². The monoisotopic (exact) mass is 291 g/mol. The smallest absolute Gasteiger partial charge is 0.238 e. The molecular formula is C11H18ClN3O2S. The van der Waals surface area contributed by atoms with Gasteiger partial charge in [0.2, 0.25) is 9.05 Å². The molecule has 0 bridgehead atoms. The van der Waals surface area contributed by atoms with Crippen LogP contribution in [0.4, 0.5) is 0 Å². The Labute approximate surface area is 112 Å². The minimum atomic E-state index is -3.57. The first-order valence-corrected chi connectivity index (χ1v) is 8.83. The van der Waals surface area contributed by atoms with Gasteiger partial charge in [0.1, 0.15) is 11.4 Å². The Balaban J connectivity index is 2.33. The van der Waals surface area contributed by atoms with E-state index in [1.807, 2.05) is 4.68 Å². The molecule has 1 saturated carbocycles. The third kappa shape index (κ3) is 3.23. The van der Waals surface area contributed by atoms with Gasteiger partial charge in [-0.2, -0.15) is 0 Å². The molecule has 0 aliphatic heterocycles. The van der Waals surface area contributed by atoms with Crippen molar-refractivity contribution < 1.29 is 8.42 Å². The van der Waals surface area contributed by atoms with Crippen LogP contribution in [0.25, 0.3) is 0 Å². The summed E-state index contributed by atoms with van der Waals surface area (Å²) in [4.78, 5) is 0. The number of aromatic nitrogens is 3. The van der Waals surface area contributed by atoms with Crippen LogP contribution in [0.15, 0.2) is 0 Å². The van der Waals surface area contributed by atoms with Gasteiger partial charge in [0.25, 0.3) is 0 Å². The number of aryl methyl sites for hydroxylation is 1. The second kappa shape index (κ2) is 5.57. The fourth-order valence-corrected chi connectivity index (χ4v) is 3.49. The second-order valence-electron chi connectivity index (χ2n) is 4.81. The van der Waals surface area contributed by atoms with E-state index in [2.05, 4.69) is 17.2 Å². The molecule has 0 amide bonds. The summed E-state index contributed by atoms with van der Waals surface area (Å²) in [6.07, 6.45) is 5.51. The molecule has 1 aromatic heterocycles. The molecule has 0 unspecified atom stereocenters. The first kappa shape index (κ1) is 13.8. The van der Waals surface area contributed by atoms with Crippen LogP contribution in [0.1, 0.15) is 56.3 Å². The van der Waals surface area contributed by atoms with E-state index in [1.54, 1.807) is 0 Å². The number of rotatable bonds is 5. The van der Waals surface area contributed by atoms with Crippen molar-refractivity contribution >= 4 is 19.7 Å². The lowest BCUT2D eigenvalue weighted by atomic mass is 10.0. The zero-order valence-corrected chi connectivity index (χ0v) is 12.0. The Hall–Kier alpha value is -0.620. The van der Waals surface area contributed by atoms with Gasteiger partial charge in [-0.05, 0) is 19.3 Å². The molecule has 1 fully saturated rings. The molecule has 5 nitrogen and oxygen atoms in total. The minimum Gasteiger partial charge on any atom is -0.249 e. The average Bonchev–Trinajstić information content (AvgIpc) is 2.86. The van der Waals surface area contributed by atoms with Crippen molar-refractivity contribution in [2.45, 2.75) is 57.2 Å². The Kier molecular flexibility index (Phi) is 4.27. The summed E-state index contributed by atoms with van der Waals surface area (Å²) in [6.45, 7) is 2.85. The zero-order chi connectivity index (χ0) is 13.2. The van der Waals surface area contributed by atoms with E-state index in [1.165, 1.54) is 12.8 Å². The molecule has 0 N–H and O–H groups in total. The SMILES string of the molecule is CCCn1nnc(CS(=O)(=O)Cl)c1C1CCCC1. The van der Waals surface area contributed by atoms with Crippen LogP contribution in [0.5, 0.6) is 0 Å². The van der Waals surface area contributed by atoms with Crippen LogP contribution in [-0.4, -0.2) is 23.4 Å². The van der Waals surface area contributed by atoms with Gasteiger partial charge < -0.3 is 0 Å². The highest BCUT2D eigenvalue weighted by atomic mass is 35.7. The Morgan fingerprint density at radius 3 is 2.61 bits per heavy atom. The maximum Gasteiger partial charge on any atom is 0.238 e.